The van der Waals surface area contributed by atoms with E-state index in [9.17, 15) is 19.8 Å². The second-order valence-corrected chi connectivity index (χ2v) is 13.8. The molecule has 8 nitrogen and oxygen atoms in total. The van der Waals surface area contributed by atoms with Crippen molar-refractivity contribution in [1.82, 2.24) is 0 Å². The van der Waals surface area contributed by atoms with Gasteiger partial charge in [-0.15, -0.1) is 0 Å². The maximum Gasteiger partial charge on any atom is 0.315 e. The summed E-state index contributed by atoms with van der Waals surface area (Å²) in [6.07, 6.45) is 4.34. The Morgan fingerprint density at radius 3 is 2.54 bits per heavy atom. The number of carbonyl (C=O) groups excluding carboxylic acids is 1. The van der Waals surface area contributed by atoms with Gasteiger partial charge in [0.1, 0.15) is 23.6 Å². The Balaban J connectivity index is 1.32. The lowest BCUT2D eigenvalue weighted by atomic mass is 9.43. The molecule has 10 atom stereocenters. The first-order chi connectivity index (χ1) is 19.5. The van der Waals surface area contributed by atoms with E-state index in [1.165, 1.54) is 0 Å². The fraction of sp³-hybridized carbons (Fsp3) is 0.697. The third kappa shape index (κ3) is 3.82. The topological polar surface area (TPSA) is 106 Å². The summed E-state index contributed by atoms with van der Waals surface area (Å²) in [7, 11) is 1.63. The molecule has 2 N–H and O–H groups in total. The lowest BCUT2D eigenvalue weighted by molar-refractivity contribution is -0.235. The number of aliphatic carboxylic acids is 1. The summed E-state index contributed by atoms with van der Waals surface area (Å²) in [5.74, 6) is 0.600. The smallest absolute Gasteiger partial charge is 0.315 e. The standard InChI is InChI=1S/C33H45NO7/c1-19(2)27-12-22-13-31(17-35)26-11-6-20(3)25(26)14-32(22,33(27,31)30(37)38)18-40-29-28(36)16-34(15-21(4)41-29)23-7-9-24(39-5)10-8-23/h7-10,12,17,19-22,25-26,28-29,36H,6,11,13-16,18H2,1-5H3,(H,37,38)/t20-,21-,22?,25-,26-,28+,29-,31?,32?,33+/m1/s1. The summed E-state index contributed by atoms with van der Waals surface area (Å²) < 4.78 is 18.1. The molecule has 0 radical (unpaired) electrons. The molecule has 8 heteroatoms. The van der Waals surface area contributed by atoms with Crippen molar-refractivity contribution in [1.29, 1.82) is 0 Å². The number of aliphatic hydroxyl groups is 1. The molecule has 224 valence electrons. The molecular weight excluding hydrogens is 522 g/mol. The highest BCUT2D eigenvalue weighted by atomic mass is 16.7. The van der Waals surface area contributed by atoms with E-state index in [0.29, 0.717) is 31.8 Å². The number of rotatable bonds is 8. The molecule has 4 aliphatic carbocycles. The van der Waals surface area contributed by atoms with Crippen molar-refractivity contribution in [3.63, 3.8) is 0 Å². The highest BCUT2D eigenvalue weighted by Crippen LogP contribution is 2.82. The van der Waals surface area contributed by atoms with Gasteiger partial charge in [-0.25, -0.2) is 0 Å². The van der Waals surface area contributed by atoms with E-state index < -0.39 is 34.6 Å². The first kappa shape index (κ1) is 28.7. The van der Waals surface area contributed by atoms with Crippen LogP contribution in [0.15, 0.2) is 35.9 Å². The molecule has 0 aromatic heterocycles. The number of aliphatic hydroxyl groups excluding tert-OH is 1. The molecule has 0 amide bonds. The number of nitrogens with zero attached hydrogens (tertiary/aromatic N) is 1. The SMILES string of the molecule is COc1ccc(N2C[C@@H](C)O[C@@H](OCC34C[C@@H]5[C@H](C)CC[C@H]5C5(C=O)CC3C=C(C(C)C)[C@@]45C(=O)O)[C@@H](O)C2)cc1. The lowest BCUT2D eigenvalue weighted by Crippen LogP contribution is -2.63. The minimum absolute atomic E-state index is 0.00303. The number of hydrogen-bond acceptors (Lipinski definition) is 7. The average Bonchev–Trinajstić information content (AvgIpc) is 3.47. The van der Waals surface area contributed by atoms with Crippen LogP contribution < -0.4 is 9.64 Å². The Labute approximate surface area is 243 Å². The summed E-state index contributed by atoms with van der Waals surface area (Å²) in [4.78, 5) is 29.0. The van der Waals surface area contributed by atoms with Crippen molar-refractivity contribution in [2.75, 3.05) is 31.7 Å². The van der Waals surface area contributed by atoms with Crippen LogP contribution in [0.5, 0.6) is 5.75 Å². The molecule has 5 aliphatic rings. The highest BCUT2D eigenvalue weighted by molar-refractivity contribution is 5.90. The van der Waals surface area contributed by atoms with Crippen molar-refractivity contribution in [3.8, 4) is 5.75 Å². The Morgan fingerprint density at radius 2 is 1.90 bits per heavy atom. The van der Waals surface area contributed by atoms with E-state index in [2.05, 4.69) is 17.9 Å². The molecule has 1 saturated heterocycles. The Morgan fingerprint density at radius 1 is 1.17 bits per heavy atom. The normalized spacial score (nSPS) is 43.0. The molecule has 4 fully saturated rings. The van der Waals surface area contributed by atoms with Gasteiger partial charge in [-0.1, -0.05) is 38.8 Å². The fourth-order valence-electron chi connectivity index (χ4n) is 10.1. The number of carboxylic acids is 1. The second kappa shape index (κ2) is 10.1. The van der Waals surface area contributed by atoms with Crippen LogP contribution in [-0.4, -0.2) is 67.8 Å². The molecule has 3 unspecified atom stereocenters. The number of carbonyl (C=O) groups is 2. The number of allylic oxidation sites excluding steroid dienone is 1. The molecule has 3 saturated carbocycles. The van der Waals surface area contributed by atoms with Gasteiger partial charge in [0.2, 0.25) is 0 Å². The summed E-state index contributed by atoms with van der Waals surface area (Å²) >= 11 is 0. The van der Waals surface area contributed by atoms with Crippen molar-refractivity contribution in [2.24, 2.45) is 45.8 Å². The minimum Gasteiger partial charge on any atom is -0.497 e. The van der Waals surface area contributed by atoms with Crippen LogP contribution in [-0.2, 0) is 19.1 Å². The van der Waals surface area contributed by atoms with Crippen LogP contribution in [0.2, 0.25) is 0 Å². The van der Waals surface area contributed by atoms with Crippen molar-refractivity contribution < 1.29 is 34.0 Å². The number of aldehydes is 1. The minimum atomic E-state index is -1.30. The van der Waals surface area contributed by atoms with Crippen molar-refractivity contribution in [2.45, 2.75) is 71.9 Å². The summed E-state index contributed by atoms with van der Waals surface area (Å²) in [6.45, 7) is 9.33. The quantitative estimate of drug-likeness (QED) is 0.348. The number of β-amino-alcohol motifs (C(OH)–C–C–N with tert-alkyl or cyclic N) is 1. The van der Waals surface area contributed by atoms with Crippen molar-refractivity contribution in [3.05, 3.63) is 35.9 Å². The molecule has 4 bridgehead atoms. The fourth-order valence-corrected chi connectivity index (χ4v) is 10.1. The number of hydrogen-bond donors (Lipinski definition) is 2. The van der Waals surface area contributed by atoms with Crippen LogP contribution in [0.25, 0.3) is 0 Å². The van der Waals surface area contributed by atoms with Crippen LogP contribution >= 0.6 is 0 Å². The summed E-state index contributed by atoms with van der Waals surface area (Å²) in [5.41, 5.74) is -1.16. The van der Waals surface area contributed by atoms with E-state index in [4.69, 9.17) is 14.2 Å². The first-order valence-electron chi connectivity index (χ1n) is 15.3. The summed E-state index contributed by atoms with van der Waals surface area (Å²) in [5, 5.41) is 22.5. The first-order valence-corrected chi connectivity index (χ1v) is 15.3. The zero-order chi connectivity index (χ0) is 29.3. The molecule has 0 spiro atoms. The van der Waals surface area contributed by atoms with E-state index in [1.54, 1.807) is 7.11 Å². The van der Waals surface area contributed by atoms with Gasteiger partial charge in [0.15, 0.2) is 6.29 Å². The van der Waals surface area contributed by atoms with E-state index >= 15 is 0 Å². The van der Waals surface area contributed by atoms with Crippen molar-refractivity contribution >= 4 is 17.9 Å². The molecule has 1 aliphatic heterocycles. The van der Waals surface area contributed by atoms with Gasteiger partial charge in [0, 0.05) is 24.2 Å². The van der Waals surface area contributed by atoms with Gasteiger partial charge in [0.05, 0.1) is 25.2 Å². The number of anilines is 1. The van der Waals surface area contributed by atoms with Crippen LogP contribution in [0.4, 0.5) is 5.69 Å². The lowest BCUT2D eigenvalue weighted by Gasteiger charge is -2.58. The van der Waals surface area contributed by atoms with Gasteiger partial charge in [0.25, 0.3) is 0 Å². The van der Waals surface area contributed by atoms with E-state index in [1.807, 2.05) is 45.0 Å². The number of ether oxygens (including phenoxy) is 3. The highest BCUT2D eigenvalue weighted by Gasteiger charge is 2.84. The van der Waals surface area contributed by atoms with Crippen LogP contribution in [0.3, 0.4) is 0 Å². The van der Waals surface area contributed by atoms with E-state index in [0.717, 1.165) is 36.1 Å². The van der Waals surface area contributed by atoms with Gasteiger partial charge in [-0.3, -0.25) is 4.79 Å². The number of carboxylic acid groups (broad SMARTS) is 1. The van der Waals surface area contributed by atoms with Gasteiger partial charge in [-0.2, -0.15) is 0 Å². The average molecular weight is 568 g/mol. The monoisotopic (exact) mass is 567 g/mol. The maximum absolute atomic E-state index is 13.7. The molecule has 1 aromatic carbocycles. The molecular formula is C33H45NO7. The Kier molecular flexibility index (Phi) is 7.06. The molecule has 1 aromatic rings. The maximum atomic E-state index is 13.7. The summed E-state index contributed by atoms with van der Waals surface area (Å²) in [6, 6.07) is 7.71. The largest absolute Gasteiger partial charge is 0.497 e. The number of methoxy groups -OCH3 is 1. The number of benzene rings is 1. The predicted octanol–water partition coefficient (Wildman–Crippen LogP) is 4.55. The van der Waals surface area contributed by atoms with Gasteiger partial charge in [-0.05, 0) is 80.0 Å². The van der Waals surface area contributed by atoms with Gasteiger partial charge < -0.3 is 34.1 Å². The second-order valence-electron chi connectivity index (χ2n) is 13.8. The zero-order valence-corrected chi connectivity index (χ0v) is 24.9. The third-order valence-electron chi connectivity index (χ3n) is 11.6. The Bertz CT molecular complexity index is 1210. The molecule has 41 heavy (non-hydrogen) atoms. The van der Waals surface area contributed by atoms with Crippen LogP contribution in [0.1, 0.15) is 53.4 Å². The molecule has 6 rings (SSSR count). The zero-order valence-electron chi connectivity index (χ0n) is 24.9. The Hall–Kier alpha value is -2.42. The predicted molar refractivity (Wildman–Crippen MR) is 154 cm³/mol. The van der Waals surface area contributed by atoms with E-state index in [-0.39, 0.29) is 36.4 Å². The van der Waals surface area contributed by atoms with Gasteiger partial charge >= 0.3 is 5.97 Å². The third-order valence-corrected chi connectivity index (χ3v) is 11.6. The molecule has 1 heterocycles. The van der Waals surface area contributed by atoms with Crippen LogP contribution in [0, 0.1) is 45.8 Å². The number of fused-ring (bicyclic) bond motifs is 2.